The highest BCUT2D eigenvalue weighted by atomic mass is 79.9. The summed E-state index contributed by atoms with van der Waals surface area (Å²) in [5.74, 6) is 3.78. The molecule has 0 unspecified atom stereocenters. The van der Waals surface area contributed by atoms with Crippen LogP contribution in [-0.2, 0) is 13.1 Å². The number of rotatable bonds is 14. The van der Waals surface area contributed by atoms with Crippen molar-refractivity contribution < 1.29 is 9.22 Å². The number of hydrogen-bond acceptors (Lipinski definition) is 2. The summed E-state index contributed by atoms with van der Waals surface area (Å²) < 4.78 is 6.80. The Kier molecular flexibility index (Phi) is 16.3. The quantitative estimate of drug-likeness (QED) is 0.0482. The third-order valence-electron chi connectivity index (χ3n) is 11.2. The predicted octanol–water partition coefficient (Wildman–Crippen LogP) is 13.2. The number of aryl methyl sites for hydroxylation is 3. The Hall–Kier alpha value is -3.82. The summed E-state index contributed by atoms with van der Waals surface area (Å²) in [4.78, 5) is 2.50. The van der Waals surface area contributed by atoms with Gasteiger partial charge in [0.1, 0.15) is 12.3 Å². The second-order valence-electron chi connectivity index (χ2n) is 15.1. The minimum atomic E-state index is 0.808. The molecule has 0 aromatic heterocycles. The first kappa shape index (κ1) is 41.9. The highest BCUT2D eigenvalue weighted by Gasteiger charge is 2.24. The van der Waals surface area contributed by atoms with Crippen LogP contribution in [0, 0.1) is 26.7 Å². The van der Waals surface area contributed by atoms with Crippen LogP contribution in [0.4, 0.5) is 0 Å². The summed E-state index contributed by atoms with van der Waals surface area (Å²) in [6.07, 6.45) is 6.73. The van der Waals surface area contributed by atoms with Crippen molar-refractivity contribution in [2.45, 2.75) is 86.7 Å². The van der Waals surface area contributed by atoms with Crippen LogP contribution >= 0.6 is 15.9 Å². The molecule has 53 heavy (non-hydrogen) atoms. The summed E-state index contributed by atoms with van der Waals surface area (Å²) in [5, 5.41) is 4.84. The van der Waals surface area contributed by atoms with E-state index in [9.17, 15) is 0 Å². The molecule has 5 aromatic carbocycles. The van der Waals surface area contributed by atoms with E-state index in [1.807, 2.05) is 11.9 Å². The van der Waals surface area contributed by atoms with E-state index in [1.165, 1.54) is 76.4 Å². The molecule has 1 saturated carbocycles. The molecule has 282 valence electrons. The fourth-order valence-corrected chi connectivity index (χ4v) is 7.80. The lowest BCUT2D eigenvalue weighted by Gasteiger charge is -2.37. The summed E-state index contributed by atoms with van der Waals surface area (Å²) >= 11 is 2.94. The first-order valence-corrected chi connectivity index (χ1v) is 21.3. The maximum atomic E-state index is 5.68. The lowest BCUT2D eigenvalue weighted by Crippen LogP contribution is -2.47. The standard InChI is InChI=1S/C43H51N2O.C5H10.CH3Br/c1-8-42(40-29-39-18-15-19-43(46-7)41(39)27-34(40)6)44(30-35-20-21-37-16-11-12-17-38(37)28-35)22-13-14-23-45(9-2,10-3)31-36-25-32(4)24-33(5)26-36;1-5-3-2-4-5;1-2/h11-12,15-21,24-29H,1,9-10,13-14,22-23,30-31H2,2-7H3;5H,2-4H2,1H3;1H3/q+1;;. The zero-order valence-corrected chi connectivity index (χ0v) is 35.5. The van der Waals surface area contributed by atoms with Crippen molar-refractivity contribution in [2.75, 3.05) is 39.1 Å². The van der Waals surface area contributed by atoms with Gasteiger partial charge in [-0.05, 0) is 111 Å². The molecule has 0 aliphatic heterocycles. The maximum Gasteiger partial charge on any atom is 0.126 e. The van der Waals surface area contributed by atoms with Crippen molar-refractivity contribution in [2.24, 2.45) is 5.92 Å². The van der Waals surface area contributed by atoms with Gasteiger partial charge in [-0.15, -0.1) is 5.73 Å². The summed E-state index contributed by atoms with van der Waals surface area (Å²) in [7, 11) is 1.74. The van der Waals surface area contributed by atoms with Crippen LogP contribution in [0.2, 0.25) is 0 Å². The van der Waals surface area contributed by atoms with Gasteiger partial charge in [-0.2, -0.15) is 0 Å². The lowest BCUT2D eigenvalue weighted by atomic mass is 9.88. The van der Waals surface area contributed by atoms with Gasteiger partial charge >= 0.3 is 0 Å². The van der Waals surface area contributed by atoms with Gasteiger partial charge in [0.05, 0.1) is 32.4 Å². The number of methoxy groups -OCH3 is 1. The normalized spacial score (nSPS) is 12.5. The molecular formula is C49H64BrN2O+. The van der Waals surface area contributed by atoms with Crippen LogP contribution in [0.5, 0.6) is 5.75 Å². The molecule has 0 radical (unpaired) electrons. The number of halogens is 1. The van der Waals surface area contributed by atoms with Crippen molar-refractivity contribution in [3.8, 4) is 5.75 Å². The molecule has 0 spiro atoms. The van der Waals surface area contributed by atoms with E-state index in [-0.39, 0.29) is 0 Å². The highest BCUT2D eigenvalue weighted by molar-refractivity contribution is 9.08. The largest absolute Gasteiger partial charge is 0.496 e. The first-order valence-electron chi connectivity index (χ1n) is 19.7. The topological polar surface area (TPSA) is 12.5 Å². The Morgan fingerprint density at radius 2 is 1.47 bits per heavy atom. The molecule has 0 bridgehead atoms. The Balaban J connectivity index is 0.000000814. The predicted molar refractivity (Wildman–Crippen MR) is 235 cm³/mol. The third-order valence-corrected chi connectivity index (χ3v) is 11.2. The second kappa shape index (κ2) is 20.6. The van der Waals surface area contributed by atoms with Crippen molar-refractivity contribution in [1.29, 1.82) is 0 Å². The Morgan fingerprint density at radius 3 is 2.08 bits per heavy atom. The van der Waals surface area contributed by atoms with Gasteiger partial charge in [0.2, 0.25) is 0 Å². The molecule has 0 N–H and O–H groups in total. The molecule has 1 aliphatic carbocycles. The van der Waals surface area contributed by atoms with Crippen molar-refractivity contribution in [1.82, 2.24) is 4.90 Å². The molecule has 1 aliphatic rings. The first-order chi connectivity index (χ1) is 25.7. The summed E-state index contributed by atoms with van der Waals surface area (Å²) in [6, 6.07) is 33.3. The number of quaternary nitrogens is 1. The Bertz CT molecular complexity index is 1950. The molecule has 3 nitrogen and oxygen atoms in total. The van der Waals surface area contributed by atoms with Gasteiger partial charge in [0.25, 0.3) is 0 Å². The molecule has 0 saturated heterocycles. The molecule has 4 heteroatoms. The number of alkyl halides is 1. The van der Waals surface area contributed by atoms with Crippen molar-refractivity contribution in [3.63, 3.8) is 0 Å². The van der Waals surface area contributed by atoms with Gasteiger partial charge in [0.15, 0.2) is 0 Å². The molecule has 0 amide bonds. The highest BCUT2D eigenvalue weighted by Crippen LogP contribution is 2.33. The van der Waals surface area contributed by atoms with Gasteiger partial charge in [0, 0.05) is 29.6 Å². The fourth-order valence-electron chi connectivity index (χ4n) is 7.80. The average Bonchev–Trinajstić information content (AvgIpc) is 3.16. The molecular weight excluding hydrogens is 712 g/mol. The van der Waals surface area contributed by atoms with Crippen LogP contribution in [0.25, 0.3) is 27.2 Å². The fraction of sp³-hybridized carbons (Fsp3) is 0.408. The van der Waals surface area contributed by atoms with Crippen LogP contribution in [0.15, 0.2) is 103 Å². The maximum absolute atomic E-state index is 5.68. The number of hydrogen-bond donors (Lipinski definition) is 0. The van der Waals surface area contributed by atoms with Gasteiger partial charge < -0.3 is 14.1 Å². The van der Waals surface area contributed by atoms with Crippen LogP contribution < -0.4 is 4.74 Å². The van der Waals surface area contributed by atoms with Crippen molar-refractivity contribution in [3.05, 3.63) is 137 Å². The number of ether oxygens (including phenoxy) is 1. The number of benzene rings is 5. The third kappa shape index (κ3) is 11.3. The summed E-state index contributed by atoms with van der Waals surface area (Å²) in [6.45, 7) is 24.2. The van der Waals surface area contributed by atoms with Crippen LogP contribution in [-0.4, -0.2) is 48.5 Å². The van der Waals surface area contributed by atoms with Gasteiger partial charge in [-0.25, -0.2) is 0 Å². The molecule has 5 aromatic rings. The monoisotopic (exact) mass is 775 g/mol. The van der Waals surface area contributed by atoms with E-state index in [0.29, 0.717) is 0 Å². The van der Waals surface area contributed by atoms with E-state index >= 15 is 0 Å². The molecule has 0 atom stereocenters. The minimum absolute atomic E-state index is 0.808. The van der Waals surface area contributed by atoms with E-state index < -0.39 is 0 Å². The molecule has 6 rings (SSSR count). The van der Waals surface area contributed by atoms with Crippen molar-refractivity contribution >= 4 is 43.2 Å². The zero-order chi connectivity index (χ0) is 38.4. The number of unbranched alkanes of at least 4 members (excludes halogenated alkanes) is 1. The second-order valence-corrected chi connectivity index (χ2v) is 15.1. The van der Waals surface area contributed by atoms with E-state index in [1.54, 1.807) is 7.11 Å². The van der Waals surface area contributed by atoms with Gasteiger partial charge in [-0.1, -0.05) is 127 Å². The van der Waals surface area contributed by atoms with Crippen LogP contribution in [0.3, 0.4) is 0 Å². The minimum Gasteiger partial charge on any atom is -0.496 e. The SMILES string of the molecule is C=C=C(c1cc2cccc(OC)c2cc1C)N(CCCC[N+](CC)(CC)Cc1cc(C)cc(C)c1)Cc1ccc2ccccc2c1.CBr.CC1CCC1. The molecule has 0 heterocycles. The van der Waals surface area contributed by atoms with E-state index in [4.69, 9.17) is 4.74 Å². The Morgan fingerprint density at radius 1 is 0.811 bits per heavy atom. The number of nitrogens with zero attached hydrogens (tertiary/aromatic N) is 2. The molecule has 1 fully saturated rings. The van der Waals surface area contributed by atoms with Gasteiger partial charge in [-0.3, -0.25) is 0 Å². The average molecular weight is 777 g/mol. The lowest BCUT2D eigenvalue weighted by molar-refractivity contribution is -0.938. The van der Waals surface area contributed by atoms with Crippen LogP contribution in [0.1, 0.15) is 86.3 Å². The number of fused-ring (bicyclic) bond motifs is 2. The zero-order valence-electron chi connectivity index (χ0n) is 33.9. The van der Waals surface area contributed by atoms with E-state index in [0.717, 1.165) is 71.8 Å². The Labute approximate surface area is 330 Å². The van der Waals surface area contributed by atoms with E-state index in [2.05, 4.69) is 160 Å². The smallest absolute Gasteiger partial charge is 0.126 e. The summed E-state index contributed by atoms with van der Waals surface area (Å²) in [5.41, 5.74) is 12.3.